The first kappa shape index (κ1) is 16.2. The van der Waals surface area contributed by atoms with Gasteiger partial charge < -0.3 is 11.1 Å². The summed E-state index contributed by atoms with van der Waals surface area (Å²) in [7, 11) is 0. The van der Waals surface area contributed by atoms with Crippen molar-refractivity contribution in [2.45, 2.75) is 47.0 Å². The first-order chi connectivity index (χ1) is 7.97. The van der Waals surface area contributed by atoms with Gasteiger partial charge in [-0.05, 0) is 45.1 Å². The van der Waals surface area contributed by atoms with E-state index < -0.39 is 0 Å². The molecule has 1 atom stereocenters. The Bertz CT molecular complexity index is 243. The molecule has 0 aromatic carbocycles. The molecule has 0 radical (unpaired) electrons. The van der Waals surface area contributed by atoms with Crippen LogP contribution in [0.4, 0.5) is 0 Å². The second kappa shape index (κ2) is 9.23. The second-order valence-corrected chi connectivity index (χ2v) is 5.21. The molecule has 0 aromatic heterocycles. The summed E-state index contributed by atoms with van der Waals surface area (Å²) in [6, 6.07) is 0. The molecular formula is C14H28N2O. The Labute approximate surface area is 106 Å². The van der Waals surface area contributed by atoms with Crippen LogP contribution in [0.25, 0.3) is 0 Å². The Hall–Kier alpha value is -0.830. The Morgan fingerprint density at radius 2 is 1.94 bits per heavy atom. The van der Waals surface area contributed by atoms with Crippen LogP contribution in [0.5, 0.6) is 0 Å². The average molecular weight is 240 g/mol. The van der Waals surface area contributed by atoms with E-state index in [1.807, 2.05) is 19.9 Å². The molecule has 3 nitrogen and oxygen atoms in total. The maximum atomic E-state index is 11.6. The predicted molar refractivity (Wildman–Crippen MR) is 73.7 cm³/mol. The monoisotopic (exact) mass is 240 g/mol. The predicted octanol–water partition coefficient (Wildman–Crippen LogP) is 2.47. The highest BCUT2D eigenvalue weighted by Gasteiger charge is 2.13. The second-order valence-electron chi connectivity index (χ2n) is 5.21. The molecule has 3 heteroatoms. The van der Waals surface area contributed by atoms with Crippen molar-refractivity contribution in [2.24, 2.45) is 17.6 Å². The highest BCUT2D eigenvalue weighted by atomic mass is 16.1. The van der Waals surface area contributed by atoms with Crippen LogP contribution in [0, 0.1) is 11.8 Å². The third-order valence-electron chi connectivity index (χ3n) is 3.03. The van der Waals surface area contributed by atoms with Gasteiger partial charge in [0.15, 0.2) is 0 Å². The molecule has 0 aromatic rings. The summed E-state index contributed by atoms with van der Waals surface area (Å²) in [5.74, 6) is 1.31. The fraction of sp³-hybridized carbons (Fsp3) is 0.786. The van der Waals surface area contributed by atoms with Crippen molar-refractivity contribution in [1.82, 2.24) is 5.32 Å². The molecule has 0 bridgehead atoms. The van der Waals surface area contributed by atoms with Crippen LogP contribution in [0.3, 0.4) is 0 Å². The summed E-state index contributed by atoms with van der Waals surface area (Å²) in [5, 5.41) is 2.90. The van der Waals surface area contributed by atoms with Crippen molar-refractivity contribution in [2.75, 3.05) is 13.1 Å². The van der Waals surface area contributed by atoms with Crippen molar-refractivity contribution in [3.8, 4) is 0 Å². The summed E-state index contributed by atoms with van der Waals surface area (Å²) < 4.78 is 0. The van der Waals surface area contributed by atoms with Gasteiger partial charge in [0.05, 0.1) is 0 Å². The van der Waals surface area contributed by atoms with Gasteiger partial charge >= 0.3 is 0 Å². The number of allylic oxidation sites excluding steroid dienone is 1. The standard InChI is InChI=1S/C14H28N2O/c1-11(2)8-10-16-14(17)6-5-13(7-9-15)12(3)4/h8,12-13H,5-7,9-10,15H2,1-4H3,(H,16,17). The molecule has 0 fully saturated rings. The van der Waals surface area contributed by atoms with Crippen LogP contribution in [-0.4, -0.2) is 19.0 Å². The molecule has 0 heterocycles. The van der Waals surface area contributed by atoms with Gasteiger partial charge in [-0.1, -0.05) is 25.5 Å². The number of nitrogens with two attached hydrogens (primary N) is 1. The average Bonchev–Trinajstić information content (AvgIpc) is 2.23. The summed E-state index contributed by atoms with van der Waals surface area (Å²) in [5.41, 5.74) is 6.81. The van der Waals surface area contributed by atoms with Gasteiger partial charge in [0, 0.05) is 13.0 Å². The van der Waals surface area contributed by atoms with Crippen LogP contribution >= 0.6 is 0 Å². The third-order valence-corrected chi connectivity index (χ3v) is 3.03. The number of amides is 1. The minimum atomic E-state index is 0.144. The zero-order valence-corrected chi connectivity index (χ0v) is 11.8. The molecule has 0 saturated carbocycles. The molecule has 0 aliphatic heterocycles. The number of rotatable bonds is 8. The number of carbonyl (C=O) groups excluding carboxylic acids is 1. The summed E-state index contributed by atoms with van der Waals surface area (Å²) in [6.45, 7) is 9.81. The van der Waals surface area contributed by atoms with E-state index in [1.165, 1.54) is 5.57 Å². The van der Waals surface area contributed by atoms with Crippen molar-refractivity contribution in [3.05, 3.63) is 11.6 Å². The molecule has 100 valence electrons. The fourth-order valence-electron chi connectivity index (χ4n) is 1.80. The van der Waals surface area contributed by atoms with Gasteiger partial charge in [0.2, 0.25) is 5.91 Å². The van der Waals surface area contributed by atoms with Gasteiger partial charge in [-0.2, -0.15) is 0 Å². The number of carbonyl (C=O) groups is 1. The van der Waals surface area contributed by atoms with Gasteiger partial charge in [-0.3, -0.25) is 4.79 Å². The normalized spacial score (nSPS) is 12.4. The smallest absolute Gasteiger partial charge is 0.220 e. The number of hydrogen-bond acceptors (Lipinski definition) is 2. The lowest BCUT2D eigenvalue weighted by molar-refractivity contribution is -0.121. The van der Waals surface area contributed by atoms with E-state index in [0.29, 0.717) is 31.3 Å². The topological polar surface area (TPSA) is 55.1 Å². The summed E-state index contributed by atoms with van der Waals surface area (Å²) >= 11 is 0. The summed E-state index contributed by atoms with van der Waals surface area (Å²) in [6.07, 6.45) is 4.59. The highest BCUT2D eigenvalue weighted by Crippen LogP contribution is 2.20. The van der Waals surface area contributed by atoms with E-state index in [1.54, 1.807) is 0 Å². The van der Waals surface area contributed by atoms with E-state index in [4.69, 9.17) is 5.73 Å². The summed E-state index contributed by atoms with van der Waals surface area (Å²) in [4.78, 5) is 11.6. The van der Waals surface area contributed by atoms with Crippen LogP contribution < -0.4 is 11.1 Å². The van der Waals surface area contributed by atoms with Crippen molar-refractivity contribution >= 4 is 5.91 Å². The quantitative estimate of drug-likeness (QED) is 0.640. The lowest BCUT2D eigenvalue weighted by Gasteiger charge is -2.19. The minimum Gasteiger partial charge on any atom is -0.353 e. The van der Waals surface area contributed by atoms with Crippen molar-refractivity contribution < 1.29 is 4.79 Å². The largest absolute Gasteiger partial charge is 0.353 e. The van der Waals surface area contributed by atoms with E-state index in [9.17, 15) is 4.79 Å². The Morgan fingerprint density at radius 1 is 1.29 bits per heavy atom. The van der Waals surface area contributed by atoms with Gasteiger partial charge in [-0.15, -0.1) is 0 Å². The SMILES string of the molecule is CC(C)=CCNC(=O)CCC(CCN)C(C)C. The molecule has 0 saturated heterocycles. The molecule has 1 unspecified atom stereocenters. The van der Waals surface area contributed by atoms with Crippen LogP contribution in [0.2, 0.25) is 0 Å². The lowest BCUT2D eigenvalue weighted by Crippen LogP contribution is -2.25. The fourth-order valence-corrected chi connectivity index (χ4v) is 1.80. The number of nitrogens with one attached hydrogen (secondary N) is 1. The van der Waals surface area contributed by atoms with Crippen molar-refractivity contribution in [1.29, 1.82) is 0 Å². The van der Waals surface area contributed by atoms with E-state index in [0.717, 1.165) is 12.8 Å². The van der Waals surface area contributed by atoms with Crippen LogP contribution in [-0.2, 0) is 4.79 Å². The van der Waals surface area contributed by atoms with Gasteiger partial charge in [-0.25, -0.2) is 0 Å². The molecule has 17 heavy (non-hydrogen) atoms. The first-order valence-corrected chi connectivity index (χ1v) is 6.57. The molecule has 0 aliphatic carbocycles. The van der Waals surface area contributed by atoms with E-state index in [-0.39, 0.29) is 5.91 Å². The molecule has 0 spiro atoms. The maximum absolute atomic E-state index is 11.6. The molecular weight excluding hydrogens is 212 g/mol. The van der Waals surface area contributed by atoms with Crippen LogP contribution in [0.15, 0.2) is 11.6 Å². The highest BCUT2D eigenvalue weighted by molar-refractivity contribution is 5.75. The van der Waals surface area contributed by atoms with Crippen molar-refractivity contribution in [3.63, 3.8) is 0 Å². The molecule has 0 aliphatic rings. The van der Waals surface area contributed by atoms with E-state index >= 15 is 0 Å². The Kier molecular flexibility index (Phi) is 8.78. The Balaban J connectivity index is 3.84. The zero-order valence-electron chi connectivity index (χ0n) is 11.8. The van der Waals surface area contributed by atoms with Gasteiger partial charge in [0.1, 0.15) is 0 Å². The first-order valence-electron chi connectivity index (χ1n) is 6.57. The Morgan fingerprint density at radius 3 is 2.41 bits per heavy atom. The minimum absolute atomic E-state index is 0.144. The zero-order chi connectivity index (χ0) is 13.3. The number of hydrogen-bond donors (Lipinski definition) is 2. The van der Waals surface area contributed by atoms with Gasteiger partial charge in [0.25, 0.3) is 0 Å². The maximum Gasteiger partial charge on any atom is 0.220 e. The molecule has 1 amide bonds. The molecule has 3 N–H and O–H groups in total. The third kappa shape index (κ3) is 8.93. The molecule has 0 rings (SSSR count). The van der Waals surface area contributed by atoms with Crippen LogP contribution in [0.1, 0.15) is 47.0 Å². The lowest BCUT2D eigenvalue weighted by atomic mass is 9.88. The van der Waals surface area contributed by atoms with E-state index in [2.05, 4.69) is 19.2 Å².